The first-order valence-electron chi connectivity index (χ1n) is 6.97. The average molecular weight is 332 g/mol. The van der Waals surface area contributed by atoms with E-state index in [4.69, 9.17) is 0 Å². The summed E-state index contributed by atoms with van der Waals surface area (Å²) in [6.45, 7) is 5.06. The second-order valence-corrected chi connectivity index (χ2v) is 6.96. The van der Waals surface area contributed by atoms with Gasteiger partial charge in [-0.2, -0.15) is 0 Å². The summed E-state index contributed by atoms with van der Waals surface area (Å²) in [7, 11) is 0. The van der Waals surface area contributed by atoms with Crippen molar-refractivity contribution in [3.05, 3.63) is 42.5 Å². The maximum atomic E-state index is 12.4. The molecule has 1 N–H and O–H groups in total. The predicted octanol–water partition coefficient (Wildman–Crippen LogP) is 2.82. The van der Waals surface area contributed by atoms with Crippen molar-refractivity contribution >= 4 is 39.8 Å². The summed E-state index contributed by atoms with van der Waals surface area (Å²) in [6, 6.07) is 8.08. The molecule has 5 nitrogen and oxygen atoms in total. The van der Waals surface area contributed by atoms with Crippen LogP contribution in [0.5, 0.6) is 0 Å². The van der Waals surface area contributed by atoms with Crippen LogP contribution in [0.15, 0.2) is 41.3 Å². The molecule has 1 aliphatic heterocycles. The molecule has 0 spiro atoms. The molecular formula is C15H16N4OS2. The van der Waals surface area contributed by atoms with Crippen LogP contribution in [0.3, 0.4) is 0 Å². The molecule has 0 unspecified atom stereocenters. The van der Waals surface area contributed by atoms with Crippen LogP contribution >= 0.6 is 23.1 Å². The second kappa shape index (κ2) is 6.93. The monoisotopic (exact) mass is 332 g/mol. The lowest BCUT2D eigenvalue weighted by Crippen LogP contribution is -2.30. The minimum Gasteiger partial charge on any atom is -0.357 e. The van der Waals surface area contributed by atoms with Gasteiger partial charge in [-0.3, -0.25) is 4.79 Å². The Kier molecular flexibility index (Phi) is 4.74. The number of carbonyl (C=O) groups is 1. The number of amides is 1. The summed E-state index contributed by atoms with van der Waals surface area (Å²) in [5.41, 5.74) is 2.28. The lowest BCUT2D eigenvalue weighted by molar-refractivity contribution is -0.116. The van der Waals surface area contributed by atoms with Gasteiger partial charge in [-0.1, -0.05) is 47.4 Å². The fraction of sp³-hybridized carbons (Fsp3) is 0.267. The number of fused-ring (bicyclic) bond motifs is 1. The van der Waals surface area contributed by atoms with E-state index in [1.54, 1.807) is 6.08 Å². The first-order chi connectivity index (χ1) is 10.8. The van der Waals surface area contributed by atoms with E-state index < -0.39 is 0 Å². The number of para-hydroxylation sites is 1. The molecule has 1 aromatic carbocycles. The summed E-state index contributed by atoms with van der Waals surface area (Å²) in [5, 5.41) is 11.9. The van der Waals surface area contributed by atoms with Crippen LogP contribution in [0.1, 0.15) is 5.56 Å². The Morgan fingerprint density at radius 3 is 3.18 bits per heavy atom. The van der Waals surface area contributed by atoms with Crippen molar-refractivity contribution in [2.24, 2.45) is 0 Å². The van der Waals surface area contributed by atoms with Crippen LogP contribution in [0.25, 0.3) is 0 Å². The molecule has 0 saturated heterocycles. The molecule has 1 aliphatic rings. The van der Waals surface area contributed by atoms with Gasteiger partial charge < -0.3 is 10.2 Å². The van der Waals surface area contributed by atoms with E-state index in [0.717, 1.165) is 28.1 Å². The van der Waals surface area contributed by atoms with Crippen molar-refractivity contribution in [1.29, 1.82) is 0 Å². The van der Waals surface area contributed by atoms with Crippen molar-refractivity contribution in [2.75, 3.05) is 29.1 Å². The molecular weight excluding hydrogens is 316 g/mol. The number of anilines is 2. The number of hydrogen-bond acceptors (Lipinski definition) is 6. The third-order valence-electron chi connectivity index (χ3n) is 3.31. The smallest absolute Gasteiger partial charge is 0.237 e. The molecule has 1 aromatic heterocycles. The molecule has 0 radical (unpaired) electrons. The van der Waals surface area contributed by atoms with Gasteiger partial charge in [0.1, 0.15) is 0 Å². The number of carbonyl (C=O) groups excluding carboxylic acids is 1. The van der Waals surface area contributed by atoms with Crippen LogP contribution in [-0.4, -0.2) is 34.9 Å². The largest absolute Gasteiger partial charge is 0.357 e. The molecule has 1 amide bonds. The molecule has 22 heavy (non-hydrogen) atoms. The van der Waals surface area contributed by atoms with Gasteiger partial charge in [0, 0.05) is 18.8 Å². The number of aromatic nitrogens is 2. The lowest BCUT2D eigenvalue weighted by atomic mass is 10.2. The quantitative estimate of drug-likeness (QED) is 0.651. The maximum Gasteiger partial charge on any atom is 0.237 e. The van der Waals surface area contributed by atoms with E-state index in [0.29, 0.717) is 12.3 Å². The summed E-state index contributed by atoms with van der Waals surface area (Å²) in [4.78, 5) is 14.3. The minimum absolute atomic E-state index is 0.116. The standard InChI is InChI=1S/C15H16N4OS2/c1-2-8-16-14-17-18-15(22-14)21-10-13(20)19-9-7-11-5-3-4-6-12(11)19/h2-6H,1,7-10H2,(H,16,17). The zero-order valence-corrected chi connectivity index (χ0v) is 13.6. The molecule has 0 atom stereocenters. The lowest BCUT2D eigenvalue weighted by Gasteiger charge is -2.16. The van der Waals surface area contributed by atoms with Crippen molar-refractivity contribution < 1.29 is 4.79 Å². The number of benzene rings is 1. The summed E-state index contributed by atoms with van der Waals surface area (Å²) in [6.07, 6.45) is 2.70. The van der Waals surface area contributed by atoms with Gasteiger partial charge in [-0.25, -0.2) is 0 Å². The Morgan fingerprint density at radius 1 is 1.45 bits per heavy atom. The Balaban J connectivity index is 1.57. The third kappa shape index (κ3) is 3.31. The normalized spacial score (nSPS) is 13.0. The van der Waals surface area contributed by atoms with Crippen molar-refractivity contribution in [1.82, 2.24) is 10.2 Å². The Morgan fingerprint density at radius 2 is 2.32 bits per heavy atom. The molecule has 2 heterocycles. The fourth-order valence-electron chi connectivity index (χ4n) is 2.30. The van der Waals surface area contributed by atoms with Crippen molar-refractivity contribution in [2.45, 2.75) is 10.8 Å². The van der Waals surface area contributed by atoms with Crippen LogP contribution < -0.4 is 10.2 Å². The van der Waals surface area contributed by atoms with E-state index in [9.17, 15) is 4.79 Å². The Bertz CT molecular complexity index is 686. The van der Waals surface area contributed by atoms with E-state index in [1.165, 1.54) is 28.7 Å². The molecule has 2 aromatic rings. The number of rotatable bonds is 6. The van der Waals surface area contributed by atoms with Gasteiger partial charge in [0.25, 0.3) is 0 Å². The fourth-order valence-corrected chi connectivity index (χ4v) is 3.93. The van der Waals surface area contributed by atoms with Gasteiger partial charge in [-0.05, 0) is 18.1 Å². The molecule has 0 saturated carbocycles. The SMILES string of the molecule is C=CCNc1nnc(SCC(=O)N2CCc3ccccc32)s1. The molecule has 0 bridgehead atoms. The Labute approximate surface area is 137 Å². The van der Waals surface area contributed by atoms with E-state index in [1.807, 2.05) is 23.1 Å². The molecule has 7 heteroatoms. The van der Waals surface area contributed by atoms with Gasteiger partial charge in [0.05, 0.1) is 5.75 Å². The van der Waals surface area contributed by atoms with Gasteiger partial charge in [0.2, 0.25) is 11.0 Å². The van der Waals surface area contributed by atoms with E-state index in [-0.39, 0.29) is 5.91 Å². The van der Waals surface area contributed by atoms with Crippen LogP contribution in [0.4, 0.5) is 10.8 Å². The average Bonchev–Trinajstić information content (AvgIpc) is 3.17. The number of nitrogens with one attached hydrogen (secondary N) is 1. The topological polar surface area (TPSA) is 58.1 Å². The first-order valence-corrected chi connectivity index (χ1v) is 8.77. The van der Waals surface area contributed by atoms with E-state index in [2.05, 4.69) is 28.2 Å². The van der Waals surface area contributed by atoms with Crippen molar-refractivity contribution in [3.8, 4) is 0 Å². The second-order valence-electron chi connectivity index (χ2n) is 4.76. The van der Waals surface area contributed by atoms with Gasteiger partial charge in [0.15, 0.2) is 4.34 Å². The first kappa shape index (κ1) is 15.1. The number of nitrogens with zero attached hydrogens (tertiary/aromatic N) is 3. The van der Waals surface area contributed by atoms with Crippen LogP contribution in [0, 0.1) is 0 Å². The molecule has 3 rings (SSSR count). The highest BCUT2D eigenvalue weighted by molar-refractivity contribution is 8.01. The van der Waals surface area contributed by atoms with Crippen molar-refractivity contribution in [3.63, 3.8) is 0 Å². The predicted molar refractivity (Wildman–Crippen MR) is 91.8 cm³/mol. The van der Waals surface area contributed by atoms with Gasteiger partial charge in [-0.15, -0.1) is 16.8 Å². The number of hydrogen-bond donors (Lipinski definition) is 1. The zero-order chi connectivity index (χ0) is 15.4. The maximum absolute atomic E-state index is 12.4. The summed E-state index contributed by atoms with van der Waals surface area (Å²) < 4.78 is 0.799. The van der Waals surface area contributed by atoms with Crippen LogP contribution in [-0.2, 0) is 11.2 Å². The highest BCUT2D eigenvalue weighted by Gasteiger charge is 2.24. The molecule has 0 aliphatic carbocycles. The minimum atomic E-state index is 0.116. The zero-order valence-electron chi connectivity index (χ0n) is 12.0. The van der Waals surface area contributed by atoms with Crippen LogP contribution in [0.2, 0.25) is 0 Å². The number of thioether (sulfide) groups is 1. The third-order valence-corrected chi connectivity index (χ3v) is 5.31. The Hall–Kier alpha value is -1.86. The highest BCUT2D eigenvalue weighted by Crippen LogP contribution is 2.30. The molecule has 0 fully saturated rings. The highest BCUT2D eigenvalue weighted by atomic mass is 32.2. The van der Waals surface area contributed by atoms with Gasteiger partial charge >= 0.3 is 0 Å². The van der Waals surface area contributed by atoms with E-state index >= 15 is 0 Å². The summed E-state index contributed by atoms with van der Waals surface area (Å²) >= 11 is 2.89. The molecule has 114 valence electrons. The summed E-state index contributed by atoms with van der Waals surface area (Å²) in [5.74, 6) is 0.496.